The topological polar surface area (TPSA) is 39.2 Å². The summed E-state index contributed by atoms with van der Waals surface area (Å²) in [6.45, 7) is 2.02. The summed E-state index contributed by atoms with van der Waals surface area (Å²) >= 11 is 1.67. The molecule has 3 nitrogen and oxygen atoms in total. The molecule has 0 radical (unpaired) electrons. The van der Waals surface area contributed by atoms with Crippen LogP contribution >= 0.6 is 11.3 Å². The van der Waals surface area contributed by atoms with Crippen molar-refractivity contribution < 1.29 is 9.53 Å². The summed E-state index contributed by atoms with van der Waals surface area (Å²) in [6, 6.07) is 0. The van der Waals surface area contributed by atoms with E-state index in [2.05, 4.69) is 4.98 Å². The van der Waals surface area contributed by atoms with E-state index >= 15 is 0 Å². The molecule has 1 aromatic heterocycles. The lowest BCUT2D eigenvalue weighted by Crippen LogP contribution is -2.10. The first-order valence-electron chi connectivity index (χ1n) is 5.25. The van der Waals surface area contributed by atoms with Gasteiger partial charge in [-0.05, 0) is 19.8 Å². The van der Waals surface area contributed by atoms with Gasteiger partial charge in [-0.25, -0.2) is 4.98 Å². The second kappa shape index (κ2) is 4.41. The Labute approximate surface area is 93.5 Å². The van der Waals surface area contributed by atoms with Gasteiger partial charge in [0, 0.05) is 24.8 Å². The van der Waals surface area contributed by atoms with Crippen molar-refractivity contribution in [1.82, 2.24) is 4.98 Å². The van der Waals surface area contributed by atoms with Gasteiger partial charge < -0.3 is 4.74 Å². The lowest BCUT2D eigenvalue weighted by atomic mass is 10.0. The van der Waals surface area contributed by atoms with Crippen molar-refractivity contribution in [2.45, 2.75) is 38.7 Å². The van der Waals surface area contributed by atoms with E-state index < -0.39 is 0 Å². The van der Waals surface area contributed by atoms with Gasteiger partial charge in [0.25, 0.3) is 0 Å². The molecule has 2 rings (SSSR count). The van der Waals surface area contributed by atoms with Crippen LogP contribution in [0.1, 0.15) is 40.1 Å². The molecule has 0 saturated carbocycles. The van der Waals surface area contributed by atoms with Gasteiger partial charge in [-0.3, -0.25) is 4.79 Å². The van der Waals surface area contributed by atoms with E-state index in [4.69, 9.17) is 4.74 Å². The van der Waals surface area contributed by atoms with Crippen LogP contribution in [0.4, 0.5) is 0 Å². The monoisotopic (exact) mass is 225 g/mol. The first kappa shape index (κ1) is 10.8. The number of fused-ring (bicyclic) bond motifs is 1. The summed E-state index contributed by atoms with van der Waals surface area (Å²) in [5.41, 5.74) is 0.726. The summed E-state index contributed by atoms with van der Waals surface area (Å²) in [5.74, 6) is 0.212. The zero-order valence-electron chi connectivity index (χ0n) is 9.08. The molecule has 1 aliphatic carbocycles. The fourth-order valence-electron chi connectivity index (χ4n) is 1.73. The maximum absolute atomic E-state index is 11.6. The van der Waals surface area contributed by atoms with Crippen molar-refractivity contribution in [2.75, 3.05) is 7.11 Å². The molecule has 1 aromatic rings. The standard InChI is InChI=1S/C11H15NO2S/c1-7(14-2)6-10-12-11-8(13)4-3-5-9(11)15-10/h7H,3-6H2,1-2H3. The predicted molar refractivity (Wildman–Crippen MR) is 59.6 cm³/mol. The lowest BCUT2D eigenvalue weighted by molar-refractivity contribution is 0.0967. The average molecular weight is 225 g/mol. The Balaban J connectivity index is 2.18. The molecule has 0 saturated heterocycles. The molecule has 1 heterocycles. The highest BCUT2D eigenvalue weighted by molar-refractivity contribution is 7.12. The second-order valence-electron chi connectivity index (χ2n) is 3.91. The summed E-state index contributed by atoms with van der Waals surface area (Å²) in [6.07, 6.45) is 3.64. The number of rotatable bonds is 3. The Morgan fingerprint density at radius 3 is 3.00 bits per heavy atom. The molecule has 15 heavy (non-hydrogen) atoms. The van der Waals surface area contributed by atoms with Gasteiger partial charge in [-0.15, -0.1) is 11.3 Å². The van der Waals surface area contributed by atoms with E-state index in [1.165, 1.54) is 4.88 Å². The number of methoxy groups -OCH3 is 1. The van der Waals surface area contributed by atoms with Crippen molar-refractivity contribution in [2.24, 2.45) is 0 Å². The van der Waals surface area contributed by atoms with Crippen molar-refractivity contribution in [3.63, 3.8) is 0 Å². The van der Waals surface area contributed by atoms with Gasteiger partial charge in [0.1, 0.15) is 5.69 Å². The second-order valence-corrected chi connectivity index (χ2v) is 5.07. The van der Waals surface area contributed by atoms with E-state index in [1.54, 1.807) is 18.4 Å². The maximum Gasteiger partial charge on any atom is 0.182 e. The van der Waals surface area contributed by atoms with Gasteiger partial charge in [0.05, 0.1) is 11.1 Å². The van der Waals surface area contributed by atoms with E-state index in [9.17, 15) is 4.79 Å². The number of hydrogen-bond acceptors (Lipinski definition) is 4. The molecular weight excluding hydrogens is 210 g/mol. The SMILES string of the molecule is COC(C)Cc1nc2c(s1)CCCC2=O. The molecule has 1 unspecified atom stereocenters. The Kier molecular flexibility index (Phi) is 3.17. The minimum absolute atomic E-state index is 0.174. The molecule has 0 spiro atoms. The molecule has 82 valence electrons. The highest BCUT2D eigenvalue weighted by atomic mass is 32.1. The number of ether oxygens (including phenoxy) is 1. The molecule has 0 fully saturated rings. The third-order valence-electron chi connectivity index (χ3n) is 2.68. The molecule has 0 amide bonds. The fourth-order valence-corrected chi connectivity index (χ4v) is 2.97. The molecule has 0 N–H and O–H groups in total. The van der Waals surface area contributed by atoms with Gasteiger partial charge in [-0.1, -0.05) is 0 Å². The van der Waals surface area contributed by atoms with Gasteiger partial charge >= 0.3 is 0 Å². The van der Waals surface area contributed by atoms with Crippen LogP contribution in [0, 0.1) is 0 Å². The average Bonchev–Trinajstić information content (AvgIpc) is 2.62. The van der Waals surface area contributed by atoms with Gasteiger partial charge in [-0.2, -0.15) is 0 Å². The number of ketones is 1. The van der Waals surface area contributed by atoms with E-state index in [0.717, 1.165) is 30.0 Å². The van der Waals surface area contributed by atoms with Crippen LogP contribution in [0.2, 0.25) is 0 Å². The van der Waals surface area contributed by atoms with E-state index in [-0.39, 0.29) is 11.9 Å². The molecular formula is C11H15NO2S. The predicted octanol–water partition coefficient (Wildman–Crippen LogP) is 2.24. The van der Waals surface area contributed by atoms with Crippen LogP contribution in [-0.2, 0) is 17.6 Å². The normalized spacial score (nSPS) is 17.6. The molecule has 1 aliphatic rings. The van der Waals surface area contributed by atoms with Crippen molar-refractivity contribution in [3.05, 3.63) is 15.6 Å². The first-order valence-corrected chi connectivity index (χ1v) is 6.07. The number of carbonyl (C=O) groups is 1. The zero-order chi connectivity index (χ0) is 10.8. The van der Waals surface area contributed by atoms with E-state index in [0.29, 0.717) is 6.42 Å². The summed E-state index contributed by atoms with van der Waals surface area (Å²) < 4.78 is 5.19. The number of carbonyl (C=O) groups excluding carboxylic acids is 1. The number of thiazole rings is 1. The van der Waals surface area contributed by atoms with E-state index in [1.807, 2.05) is 6.92 Å². The number of aromatic nitrogens is 1. The third-order valence-corrected chi connectivity index (χ3v) is 3.82. The summed E-state index contributed by atoms with van der Waals surface area (Å²) in [5, 5.41) is 1.03. The zero-order valence-corrected chi connectivity index (χ0v) is 9.89. The molecule has 1 atom stereocenters. The van der Waals surface area contributed by atoms with Crippen molar-refractivity contribution in [3.8, 4) is 0 Å². The van der Waals surface area contributed by atoms with Crippen LogP contribution in [0.5, 0.6) is 0 Å². The summed E-state index contributed by atoms with van der Waals surface area (Å²) in [7, 11) is 1.70. The number of aryl methyl sites for hydroxylation is 1. The van der Waals surface area contributed by atoms with Crippen LogP contribution in [0.15, 0.2) is 0 Å². The van der Waals surface area contributed by atoms with Crippen LogP contribution in [-0.4, -0.2) is 24.0 Å². The molecule has 0 aromatic carbocycles. The Bertz CT molecular complexity index is 373. The fraction of sp³-hybridized carbons (Fsp3) is 0.636. The Morgan fingerprint density at radius 2 is 2.33 bits per heavy atom. The smallest absolute Gasteiger partial charge is 0.182 e. The maximum atomic E-state index is 11.6. The Hall–Kier alpha value is -0.740. The van der Waals surface area contributed by atoms with Gasteiger partial charge in [0.2, 0.25) is 0 Å². The van der Waals surface area contributed by atoms with Crippen molar-refractivity contribution in [1.29, 1.82) is 0 Å². The van der Waals surface area contributed by atoms with Crippen LogP contribution in [0.3, 0.4) is 0 Å². The highest BCUT2D eigenvalue weighted by Crippen LogP contribution is 2.27. The number of hydrogen-bond donors (Lipinski definition) is 0. The quantitative estimate of drug-likeness (QED) is 0.792. The van der Waals surface area contributed by atoms with Crippen LogP contribution < -0.4 is 0 Å². The number of nitrogens with zero attached hydrogens (tertiary/aromatic N) is 1. The minimum Gasteiger partial charge on any atom is -0.381 e. The largest absolute Gasteiger partial charge is 0.381 e. The molecule has 4 heteroatoms. The first-order chi connectivity index (χ1) is 7.20. The lowest BCUT2D eigenvalue weighted by Gasteiger charge is -2.06. The Morgan fingerprint density at radius 1 is 1.53 bits per heavy atom. The summed E-state index contributed by atoms with van der Waals surface area (Å²) in [4.78, 5) is 17.1. The minimum atomic E-state index is 0.174. The third kappa shape index (κ3) is 2.26. The van der Waals surface area contributed by atoms with Gasteiger partial charge in [0.15, 0.2) is 5.78 Å². The molecule has 0 bridgehead atoms. The van der Waals surface area contributed by atoms with Crippen LogP contribution in [0.25, 0.3) is 0 Å². The van der Waals surface area contributed by atoms with Crippen molar-refractivity contribution >= 4 is 17.1 Å². The highest BCUT2D eigenvalue weighted by Gasteiger charge is 2.22. The molecule has 0 aliphatic heterocycles. The number of Topliss-reactive ketones (excluding diaryl/α,β-unsaturated/α-hetero) is 1.